The molecule has 0 saturated heterocycles. The summed E-state index contributed by atoms with van der Waals surface area (Å²) in [7, 11) is 0. The number of nitrogens with zero attached hydrogens (tertiary/aromatic N) is 9. The first-order valence-electron chi connectivity index (χ1n) is 8.59. The molecule has 0 fully saturated rings. The summed E-state index contributed by atoms with van der Waals surface area (Å²) in [4.78, 5) is 11.2. The Bertz CT molecular complexity index is 1350. The fourth-order valence-corrected chi connectivity index (χ4v) is 3.31. The van der Waals surface area contributed by atoms with Gasteiger partial charge in [0.15, 0.2) is 17.3 Å². The van der Waals surface area contributed by atoms with Crippen LogP contribution in [0.2, 0.25) is 10.0 Å². The minimum atomic E-state index is -0.345. The molecule has 31 heavy (non-hydrogen) atoms. The summed E-state index contributed by atoms with van der Waals surface area (Å²) in [6, 6.07) is 4.97. The Kier molecular flexibility index (Phi) is 5.24. The molecule has 4 aromatic rings. The smallest absolute Gasteiger partial charge is 0.257 e. The molecule has 0 bridgehead atoms. The number of nitrogens with two attached hydrogens (primary N) is 1. The Morgan fingerprint density at radius 3 is 2.52 bits per heavy atom. The predicted octanol–water partition coefficient (Wildman–Crippen LogP) is 4.72. The molecule has 0 atom stereocenters. The molecule has 0 aliphatic heterocycles. The van der Waals surface area contributed by atoms with Crippen LogP contribution in [0.15, 0.2) is 47.0 Å². The monoisotopic (exact) mass is 454 g/mol. The molecule has 3 heterocycles. The number of aryl methyl sites for hydroxylation is 1. The van der Waals surface area contributed by atoms with Crippen molar-refractivity contribution in [2.24, 2.45) is 10.2 Å². The van der Waals surface area contributed by atoms with Gasteiger partial charge in [-0.05, 0) is 19.1 Å². The third-order valence-corrected chi connectivity index (χ3v) is 4.77. The lowest BCUT2D eigenvalue weighted by molar-refractivity contribution is 0.445. The molecule has 154 valence electrons. The van der Waals surface area contributed by atoms with Crippen molar-refractivity contribution < 1.29 is 5.11 Å². The standard InChI is InChI=1S/C18H12Cl2N10O/c1-9-13(15(21)30(28-9)17-18(31)24-7-6-23-17)26-27-16-12(22-2)8-25-29(16)14-10(19)4-3-5-11(14)20/h3-8H,21H2,1H3,(H,24,31)/b27-26+. The second kappa shape index (κ2) is 8.02. The quantitative estimate of drug-likeness (QED) is 0.338. The van der Waals surface area contributed by atoms with E-state index in [1.54, 1.807) is 25.1 Å². The van der Waals surface area contributed by atoms with E-state index >= 15 is 0 Å². The largest absolute Gasteiger partial charge is 0.491 e. The summed E-state index contributed by atoms with van der Waals surface area (Å²) in [5.74, 6) is -0.122. The molecule has 13 heteroatoms. The van der Waals surface area contributed by atoms with Crippen molar-refractivity contribution in [2.45, 2.75) is 6.92 Å². The highest BCUT2D eigenvalue weighted by atomic mass is 35.5. The van der Waals surface area contributed by atoms with Gasteiger partial charge in [0.05, 0.1) is 28.5 Å². The topological polar surface area (TPSA) is 137 Å². The lowest BCUT2D eigenvalue weighted by Gasteiger charge is -2.08. The first-order valence-corrected chi connectivity index (χ1v) is 9.35. The van der Waals surface area contributed by atoms with Crippen LogP contribution in [0.3, 0.4) is 0 Å². The number of hydrogen-bond donors (Lipinski definition) is 2. The van der Waals surface area contributed by atoms with Crippen LogP contribution in [0.4, 0.5) is 23.0 Å². The van der Waals surface area contributed by atoms with Crippen molar-refractivity contribution >= 4 is 46.2 Å². The molecule has 4 rings (SSSR count). The molecule has 0 unspecified atom stereocenters. The maximum atomic E-state index is 9.94. The summed E-state index contributed by atoms with van der Waals surface area (Å²) < 4.78 is 2.52. The molecule has 0 radical (unpaired) electrons. The molecule has 1 aromatic carbocycles. The van der Waals surface area contributed by atoms with Crippen molar-refractivity contribution in [3.63, 3.8) is 0 Å². The van der Waals surface area contributed by atoms with Gasteiger partial charge in [-0.15, -0.1) is 10.2 Å². The first-order chi connectivity index (χ1) is 14.9. The van der Waals surface area contributed by atoms with Crippen molar-refractivity contribution in [3.8, 4) is 17.4 Å². The third-order valence-electron chi connectivity index (χ3n) is 4.16. The average molecular weight is 455 g/mol. The number of para-hydroxylation sites is 1. The van der Waals surface area contributed by atoms with Crippen LogP contribution in [0.1, 0.15) is 5.69 Å². The van der Waals surface area contributed by atoms with Crippen LogP contribution in [0.25, 0.3) is 16.4 Å². The Balaban J connectivity index is 1.82. The summed E-state index contributed by atoms with van der Waals surface area (Å²) >= 11 is 12.6. The molecule has 3 N–H and O–H groups in total. The van der Waals surface area contributed by atoms with Gasteiger partial charge in [-0.25, -0.2) is 19.5 Å². The number of hydrogen-bond acceptors (Lipinski definition) is 8. The van der Waals surface area contributed by atoms with E-state index in [2.05, 4.69) is 35.2 Å². The van der Waals surface area contributed by atoms with Gasteiger partial charge in [0.2, 0.25) is 5.82 Å². The zero-order valence-electron chi connectivity index (χ0n) is 15.8. The normalized spacial score (nSPS) is 11.2. The highest BCUT2D eigenvalue weighted by molar-refractivity contribution is 6.37. The van der Waals surface area contributed by atoms with Gasteiger partial charge in [0, 0.05) is 12.4 Å². The molecular formula is C18H12Cl2N10O. The van der Waals surface area contributed by atoms with Gasteiger partial charge in [-0.2, -0.15) is 14.9 Å². The number of azo groups is 1. The van der Waals surface area contributed by atoms with Gasteiger partial charge in [0.25, 0.3) is 11.6 Å². The Hall–Kier alpha value is -4.01. The fourth-order valence-electron chi connectivity index (χ4n) is 2.75. The molecule has 0 saturated carbocycles. The van der Waals surface area contributed by atoms with Crippen LogP contribution >= 0.6 is 23.2 Å². The first kappa shape index (κ1) is 20.3. The van der Waals surface area contributed by atoms with E-state index in [1.165, 1.54) is 28.0 Å². The zero-order valence-corrected chi connectivity index (χ0v) is 17.3. The lowest BCUT2D eigenvalue weighted by Crippen LogP contribution is -2.04. The maximum Gasteiger partial charge on any atom is 0.257 e. The number of nitrogen functional groups attached to an aromatic ring is 1. The van der Waals surface area contributed by atoms with Crippen molar-refractivity contribution in [1.82, 2.24) is 29.5 Å². The summed E-state index contributed by atoms with van der Waals surface area (Å²) in [5, 5.41) is 27.4. The molecule has 0 aliphatic carbocycles. The van der Waals surface area contributed by atoms with Crippen molar-refractivity contribution in [3.05, 3.63) is 63.9 Å². The van der Waals surface area contributed by atoms with E-state index in [4.69, 9.17) is 35.5 Å². The Labute approximate surface area is 185 Å². The van der Waals surface area contributed by atoms with Gasteiger partial charge in [-0.1, -0.05) is 29.3 Å². The fraction of sp³-hybridized carbons (Fsp3) is 0.0556. The predicted molar refractivity (Wildman–Crippen MR) is 114 cm³/mol. The zero-order chi connectivity index (χ0) is 22.1. The lowest BCUT2D eigenvalue weighted by atomic mass is 10.3. The summed E-state index contributed by atoms with van der Waals surface area (Å²) in [6.07, 6.45) is 4.05. The second-order valence-corrected chi connectivity index (χ2v) is 6.90. The van der Waals surface area contributed by atoms with Crippen LogP contribution in [0, 0.1) is 13.5 Å². The number of benzene rings is 1. The van der Waals surface area contributed by atoms with Gasteiger partial charge in [-0.3, -0.25) is 0 Å². The minimum absolute atomic E-state index is 0.0410. The van der Waals surface area contributed by atoms with E-state index in [0.717, 1.165) is 0 Å². The van der Waals surface area contributed by atoms with Crippen LogP contribution in [-0.2, 0) is 0 Å². The van der Waals surface area contributed by atoms with E-state index in [9.17, 15) is 5.11 Å². The molecule has 0 amide bonds. The van der Waals surface area contributed by atoms with Crippen LogP contribution < -0.4 is 5.73 Å². The van der Waals surface area contributed by atoms with Gasteiger partial charge >= 0.3 is 0 Å². The van der Waals surface area contributed by atoms with Crippen LogP contribution in [0.5, 0.6) is 5.88 Å². The number of aromatic nitrogens is 6. The molecule has 11 nitrogen and oxygen atoms in total. The number of halogens is 2. The Morgan fingerprint density at radius 1 is 1.13 bits per heavy atom. The highest BCUT2D eigenvalue weighted by Crippen LogP contribution is 2.38. The summed E-state index contributed by atoms with van der Waals surface area (Å²) in [6.45, 7) is 9.05. The SMILES string of the molecule is [C-]#[N+]c1cnn(-c2c(Cl)cccc2Cl)c1/N=N/c1c(C)nn(-c2nccnc2O)c1N. The molecular weight excluding hydrogens is 443 g/mol. The van der Waals surface area contributed by atoms with Crippen LogP contribution in [-0.4, -0.2) is 34.6 Å². The summed E-state index contributed by atoms with van der Waals surface area (Å²) in [5.41, 5.74) is 7.29. The number of rotatable bonds is 4. The molecule has 0 spiro atoms. The second-order valence-electron chi connectivity index (χ2n) is 6.08. The van der Waals surface area contributed by atoms with Gasteiger partial charge in [0.1, 0.15) is 5.69 Å². The number of anilines is 1. The highest BCUT2D eigenvalue weighted by Gasteiger charge is 2.20. The third kappa shape index (κ3) is 3.54. The maximum absolute atomic E-state index is 9.94. The molecule has 3 aromatic heterocycles. The Morgan fingerprint density at radius 2 is 1.84 bits per heavy atom. The van der Waals surface area contributed by atoms with E-state index < -0.39 is 0 Å². The van der Waals surface area contributed by atoms with Crippen molar-refractivity contribution in [1.29, 1.82) is 0 Å². The number of aromatic hydroxyl groups is 1. The van der Waals surface area contributed by atoms with Gasteiger partial charge < -0.3 is 10.8 Å². The van der Waals surface area contributed by atoms with E-state index in [-0.39, 0.29) is 34.7 Å². The van der Waals surface area contributed by atoms with E-state index in [0.29, 0.717) is 21.4 Å². The minimum Gasteiger partial charge on any atom is -0.491 e. The molecule has 0 aliphatic rings. The van der Waals surface area contributed by atoms with E-state index in [1.807, 2.05) is 0 Å². The van der Waals surface area contributed by atoms with Crippen molar-refractivity contribution in [2.75, 3.05) is 5.73 Å². The average Bonchev–Trinajstić information content (AvgIpc) is 3.27.